The highest BCUT2D eigenvalue weighted by atomic mass is 17.0. The first kappa shape index (κ1) is 29.3. The molecule has 0 aromatic carbocycles. The number of ether oxygens (including phenoxy) is 5. The van der Waals surface area contributed by atoms with Crippen LogP contribution in [0.1, 0.15) is 98.3 Å². The summed E-state index contributed by atoms with van der Waals surface area (Å²) >= 11 is 0. The molecule has 4 aliphatic carbocycles. The van der Waals surface area contributed by atoms with E-state index in [1.807, 2.05) is 0 Å². The Morgan fingerprint density at radius 1 is 0.946 bits per heavy atom. The molecule has 37 heavy (non-hydrogen) atoms. The van der Waals surface area contributed by atoms with Gasteiger partial charge in [0.05, 0.1) is 13.2 Å². The van der Waals surface area contributed by atoms with Gasteiger partial charge in [-0.3, -0.25) is 9.53 Å². The molecule has 4 aliphatic rings. The second-order valence-electron chi connectivity index (χ2n) is 13.2. The summed E-state index contributed by atoms with van der Waals surface area (Å²) in [6.45, 7) is 9.85. The summed E-state index contributed by atoms with van der Waals surface area (Å²) in [5.74, 6) is 4.39. The molecule has 0 spiro atoms. The number of carbonyl (C=O) groups is 1. The Morgan fingerprint density at radius 2 is 1.65 bits per heavy atom. The molecule has 0 amide bonds. The Balaban J connectivity index is 1.72. The van der Waals surface area contributed by atoms with E-state index < -0.39 is 6.16 Å². The first-order chi connectivity index (χ1) is 17.6. The molecule has 4 rings (SSSR count). The normalized spacial score (nSPS) is 42.4. The minimum Gasteiger partial charge on any atom is -0.469 e. The zero-order chi connectivity index (χ0) is 27.0. The lowest BCUT2D eigenvalue weighted by Crippen LogP contribution is -2.62. The predicted octanol–water partition coefficient (Wildman–Crippen LogP) is 6.81. The van der Waals surface area contributed by atoms with Crippen LogP contribution in [-0.2, 0) is 28.5 Å². The molecule has 0 bridgehead atoms. The van der Waals surface area contributed by atoms with Gasteiger partial charge in [0.15, 0.2) is 0 Å². The molecule has 0 aliphatic heterocycles. The van der Waals surface area contributed by atoms with Gasteiger partial charge in [0.2, 0.25) is 0 Å². The van der Waals surface area contributed by atoms with Crippen molar-refractivity contribution in [3.8, 4) is 0 Å². The number of hydrogen-bond donors (Lipinski definition) is 0. The molecule has 0 heterocycles. The average molecular weight is 523 g/mol. The average Bonchev–Trinajstić information content (AvgIpc) is 3.28. The Kier molecular flexibility index (Phi) is 9.05. The highest BCUT2D eigenvalue weighted by Gasteiger charge is 2.66. The van der Waals surface area contributed by atoms with Crippen molar-refractivity contribution in [2.75, 3.05) is 28.4 Å². The van der Waals surface area contributed by atoms with E-state index >= 15 is 0 Å². The second kappa shape index (κ2) is 11.4. The largest absolute Gasteiger partial charge is 0.469 e. The van der Waals surface area contributed by atoms with E-state index in [-0.39, 0.29) is 17.5 Å². The van der Waals surface area contributed by atoms with Crippen molar-refractivity contribution < 1.29 is 28.5 Å². The molecule has 0 saturated heterocycles. The molecular formula is C31H54O6. The van der Waals surface area contributed by atoms with E-state index in [1.54, 1.807) is 21.3 Å². The Hall–Kier alpha value is -0.690. The zero-order valence-corrected chi connectivity index (χ0v) is 24.8. The quantitative estimate of drug-likeness (QED) is 0.232. The van der Waals surface area contributed by atoms with Crippen molar-refractivity contribution in [2.24, 2.45) is 52.3 Å². The third kappa shape index (κ3) is 4.91. The number of hydrogen-bond acceptors (Lipinski definition) is 6. The third-order valence-electron chi connectivity index (χ3n) is 12.2. The SMILES string of the molecule is CC[C@H]1C[C@@H]2[C@H](C[C@H](OC(OC)(OC)OC)[C@]3(C)[C@@H]([C@H](C)CCC(=O)OC)CC[C@@H]23)[C@@]2(C)CCCC[C@@H]12. The summed E-state index contributed by atoms with van der Waals surface area (Å²) in [4.78, 5) is 12.0. The molecule has 0 N–H and O–H groups in total. The van der Waals surface area contributed by atoms with Gasteiger partial charge in [-0.1, -0.05) is 47.0 Å². The molecule has 10 atom stereocenters. The fourth-order valence-corrected chi connectivity index (χ4v) is 10.3. The lowest BCUT2D eigenvalue weighted by atomic mass is 9.41. The van der Waals surface area contributed by atoms with Gasteiger partial charge in [0, 0.05) is 33.2 Å². The maximum absolute atomic E-state index is 12.0. The van der Waals surface area contributed by atoms with Gasteiger partial charge in [-0.25, -0.2) is 0 Å². The zero-order valence-electron chi connectivity index (χ0n) is 24.8. The Bertz CT molecular complexity index is 773. The van der Waals surface area contributed by atoms with E-state index in [2.05, 4.69) is 27.7 Å². The van der Waals surface area contributed by atoms with Crippen LogP contribution in [0, 0.1) is 52.3 Å². The lowest BCUT2D eigenvalue weighted by Gasteiger charge is -2.64. The number of carbonyl (C=O) groups excluding carboxylic acids is 1. The van der Waals surface area contributed by atoms with E-state index in [0.717, 1.165) is 30.6 Å². The van der Waals surface area contributed by atoms with Crippen LogP contribution in [-0.4, -0.2) is 46.7 Å². The van der Waals surface area contributed by atoms with Crippen LogP contribution in [0.4, 0.5) is 0 Å². The maximum atomic E-state index is 12.0. The summed E-state index contributed by atoms with van der Waals surface area (Å²) in [6.07, 6.45) is 11.4. The molecule has 214 valence electrons. The highest BCUT2D eigenvalue weighted by Crippen LogP contribution is 2.70. The van der Waals surface area contributed by atoms with Gasteiger partial charge in [0.25, 0.3) is 0 Å². The molecular weight excluding hydrogens is 468 g/mol. The van der Waals surface area contributed by atoms with Crippen LogP contribution in [0.15, 0.2) is 0 Å². The fourth-order valence-electron chi connectivity index (χ4n) is 10.3. The van der Waals surface area contributed by atoms with Crippen LogP contribution in [0.5, 0.6) is 0 Å². The minimum atomic E-state index is -1.50. The lowest BCUT2D eigenvalue weighted by molar-refractivity contribution is -0.499. The number of rotatable bonds is 10. The first-order valence-corrected chi connectivity index (χ1v) is 15.0. The van der Waals surface area contributed by atoms with Gasteiger partial charge < -0.3 is 18.9 Å². The third-order valence-corrected chi connectivity index (χ3v) is 12.2. The van der Waals surface area contributed by atoms with Gasteiger partial charge in [-0.05, 0) is 91.8 Å². The standard InChI is InChI=1S/C31H54O6/c1-9-21-18-22-25-15-14-23(20(2)13-16-28(32)33-5)30(25,4)27(37-31(34-6,35-7)36-8)19-26(22)29(3)17-11-10-12-24(21)29/h20-27H,9-19H2,1-8H3/t20-,21+,22+,23-,24+,25+,26+,27+,29+,30-/m1/s1. The van der Waals surface area contributed by atoms with E-state index in [0.29, 0.717) is 35.5 Å². The number of methoxy groups -OCH3 is 4. The van der Waals surface area contributed by atoms with Crippen LogP contribution in [0.2, 0.25) is 0 Å². The van der Waals surface area contributed by atoms with Gasteiger partial charge in [-0.2, -0.15) is 0 Å². The second-order valence-corrected chi connectivity index (χ2v) is 13.2. The Labute approximate surface area is 225 Å². The minimum absolute atomic E-state index is 0.0340. The highest BCUT2D eigenvalue weighted by molar-refractivity contribution is 5.69. The van der Waals surface area contributed by atoms with Crippen LogP contribution < -0.4 is 0 Å². The molecule has 6 heteroatoms. The number of fused-ring (bicyclic) bond motifs is 5. The Morgan fingerprint density at radius 3 is 2.27 bits per heavy atom. The summed E-state index contributed by atoms with van der Waals surface area (Å²) in [6, 6.07) is 0. The topological polar surface area (TPSA) is 63.2 Å². The van der Waals surface area contributed by atoms with Crippen molar-refractivity contribution in [3.63, 3.8) is 0 Å². The molecule has 4 saturated carbocycles. The van der Waals surface area contributed by atoms with Gasteiger partial charge in [0.1, 0.15) is 0 Å². The van der Waals surface area contributed by atoms with Crippen LogP contribution in [0.25, 0.3) is 0 Å². The molecule has 6 nitrogen and oxygen atoms in total. The van der Waals surface area contributed by atoms with Crippen molar-refractivity contribution >= 4 is 5.97 Å². The maximum Gasteiger partial charge on any atom is 0.412 e. The molecule has 0 aromatic rings. The van der Waals surface area contributed by atoms with E-state index in [4.69, 9.17) is 23.7 Å². The fraction of sp³-hybridized carbons (Fsp3) is 0.968. The summed E-state index contributed by atoms with van der Waals surface area (Å²) in [7, 11) is 6.26. The predicted molar refractivity (Wildman–Crippen MR) is 143 cm³/mol. The number of esters is 1. The summed E-state index contributed by atoms with van der Waals surface area (Å²) in [5.41, 5.74) is 0.336. The molecule has 0 radical (unpaired) electrons. The smallest absolute Gasteiger partial charge is 0.412 e. The monoisotopic (exact) mass is 522 g/mol. The van der Waals surface area contributed by atoms with Crippen LogP contribution >= 0.6 is 0 Å². The first-order valence-electron chi connectivity index (χ1n) is 15.0. The molecule has 4 fully saturated rings. The summed E-state index contributed by atoms with van der Waals surface area (Å²) < 4.78 is 28.9. The van der Waals surface area contributed by atoms with Crippen molar-refractivity contribution in [1.82, 2.24) is 0 Å². The van der Waals surface area contributed by atoms with Crippen molar-refractivity contribution in [1.29, 1.82) is 0 Å². The van der Waals surface area contributed by atoms with Crippen LogP contribution in [0.3, 0.4) is 0 Å². The van der Waals surface area contributed by atoms with Crippen molar-refractivity contribution in [3.05, 3.63) is 0 Å². The van der Waals surface area contributed by atoms with Crippen molar-refractivity contribution in [2.45, 2.75) is 111 Å². The van der Waals surface area contributed by atoms with E-state index in [1.165, 1.54) is 58.5 Å². The molecule has 0 aromatic heterocycles. The summed E-state index contributed by atoms with van der Waals surface area (Å²) in [5, 5.41) is 0. The van der Waals surface area contributed by atoms with Gasteiger partial charge >= 0.3 is 12.1 Å². The molecule has 0 unspecified atom stereocenters. The van der Waals surface area contributed by atoms with Gasteiger partial charge in [-0.15, -0.1) is 0 Å². The van der Waals surface area contributed by atoms with E-state index in [9.17, 15) is 4.79 Å².